The van der Waals surface area contributed by atoms with Gasteiger partial charge in [-0.3, -0.25) is 0 Å². The van der Waals surface area contributed by atoms with E-state index in [9.17, 15) is 10.2 Å². The molecule has 0 spiro atoms. The van der Waals surface area contributed by atoms with E-state index in [-0.39, 0.29) is 17.5 Å². The third-order valence-electron chi connectivity index (χ3n) is 3.45. The first-order valence-electron chi connectivity index (χ1n) is 6.50. The molecule has 0 radical (unpaired) electrons. The van der Waals surface area contributed by atoms with E-state index < -0.39 is 0 Å². The van der Waals surface area contributed by atoms with Crippen LogP contribution in [0.3, 0.4) is 0 Å². The van der Waals surface area contributed by atoms with Crippen molar-refractivity contribution in [2.24, 2.45) is 5.92 Å². The number of phenolic OH excluding ortho intramolecular Hbond substituents is 2. The lowest BCUT2D eigenvalue weighted by atomic mass is 10.0. The fourth-order valence-electron chi connectivity index (χ4n) is 2.32. The topological polar surface area (TPSA) is 61.7 Å². The van der Waals surface area contributed by atoms with Gasteiger partial charge in [-0.2, -0.15) is 0 Å². The lowest BCUT2D eigenvalue weighted by Gasteiger charge is -2.24. The normalized spacial score (nSPS) is 21.7. The fourth-order valence-corrected chi connectivity index (χ4v) is 2.32. The quantitative estimate of drug-likeness (QED) is 0.767. The summed E-state index contributed by atoms with van der Waals surface area (Å²) in [6, 6.07) is 4.78. The van der Waals surface area contributed by atoms with Crippen molar-refractivity contribution in [2.45, 2.75) is 25.8 Å². The summed E-state index contributed by atoms with van der Waals surface area (Å²) in [5.41, 5.74) is 0.810. The van der Waals surface area contributed by atoms with E-state index in [0.29, 0.717) is 5.92 Å². The zero-order valence-electron chi connectivity index (χ0n) is 10.7. The Morgan fingerprint density at radius 2 is 2.28 bits per heavy atom. The molecule has 4 heteroatoms. The Labute approximate surface area is 108 Å². The third-order valence-corrected chi connectivity index (χ3v) is 3.45. The van der Waals surface area contributed by atoms with Crippen LogP contribution in [-0.2, 0) is 4.74 Å². The van der Waals surface area contributed by atoms with Gasteiger partial charge in [-0.1, -0.05) is 6.07 Å². The van der Waals surface area contributed by atoms with E-state index in [4.69, 9.17) is 4.74 Å². The average Bonchev–Trinajstić information content (AvgIpc) is 2.37. The SMILES string of the molecule is CC(NCC1CCCOC1)c1ccc(O)cc1O. The standard InChI is InChI=1S/C14H21NO3/c1-10(13-5-4-12(16)7-14(13)17)15-8-11-3-2-6-18-9-11/h4-5,7,10-11,15-17H,2-3,6,8-9H2,1H3. The van der Waals surface area contributed by atoms with E-state index in [1.165, 1.54) is 12.5 Å². The first kappa shape index (κ1) is 13.2. The summed E-state index contributed by atoms with van der Waals surface area (Å²) in [4.78, 5) is 0. The van der Waals surface area contributed by atoms with E-state index in [2.05, 4.69) is 5.32 Å². The number of ether oxygens (including phenoxy) is 1. The van der Waals surface area contributed by atoms with Gasteiger partial charge in [0, 0.05) is 30.8 Å². The molecule has 1 aliphatic rings. The van der Waals surface area contributed by atoms with E-state index in [1.54, 1.807) is 12.1 Å². The van der Waals surface area contributed by atoms with Gasteiger partial charge in [0.25, 0.3) is 0 Å². The maximum absolute atomic E-state index is 9.77. The van der Waals surface area contributed by atoms with Crippen LogP contribution >= 0.6 is 0 Å². The fraction of sp³-hybridized carbons (Fsp3) is 0.571. The highest BCUT2D eigenvalue weighted by atomic mass is 16.5. The summed E-state index contributed by atoms with van der Waals surface area (Å²) in [5.74, 6) is 0.777. The minimum Gasteiger partial charge on any atom is -0.508 e. The van der Waals surface area contributed by atoms with Crippen LogP contribution in [0.15, 0.2) is 18.2 Å². The van der Waals surface area contributed by atoms with Gasteiger partial charge < -0.3 is 20.3 Å². The van der Waals surface area contributed by atoms with Crippen LogP contribution in [0.25, 0.3) is 0 Å². The number of nitrogens with one attached hydrogen (secondary N) is 1. The lowest BCUT2D eigenvalue weighted by Crippen LogP contribution is -2.30. The molecular formula is C14H21NO3. The van der Waals surface area contributed by atoms with Crippen molar-refractivity contribution in [3.63, 3.8) is 0 Å². The molecule has 100 valence electrons. The number of hydrogen-bond acceptors (Lipinski definition) is 4. The lowest BCUT2D eigenvalue weighted by molar-refractivity contribution is 0.0540. The van der Waals surface area contributed by atoms with Gasteiger partial charge in [0.1, 0.15) is 11.5 Å². The summed E-state index contributed by atoms with van der Waals surface area (Å²) < 4.78 is 5.44. The number of rotatable bonds is 4. The monoisotopic (exact) mass is 251 g/mol. The minimum absolute atomic E-state index is 0.0625. The average molecular weight is 251 g/mol. The first-order valence-corrected chi connectivity index (χ1v) is 6.50. The van der Waals surface area contributed by atoms with Crippen LogP contribution in [0.2, 0.25) is 0 Å². The van der Waals surface area contributed by atoms with E-state index >= 15 is 0 Å². The van der Waals surface area contributed by atoms with Crippen LogP contribution in [0.1, 0.15) is 31.4 Å². The van der Waals surface area contributed by atoms with Crippen LogP contribution in [0, 0.1) is 5.92 Å². The van der Waals surface area contributed by atoms with Crippen molar-refractivity contribution < 1.29 is 14.9 Å². The summed E-state index contributed by atoms with van der Waals surface area (Å²) in [6.07, 6.45) is 2.33. The van der Waals surface area contributed by atoms with Crippen molar-refractivity contribution >= 4 is 0 Å². The smallest absolute Gasteiger partial charge is 0.124 e. The summed E-state index contributed by atoms with van der Waals surface area (Å²) in [7, 11) is 0. The van der Waals surface area contributed by atoms with Crippen LogP contribution < -0.4 is 5.32 Å². The molecular weight excluding hydrogens is 230 g/mol. The Hall–Kier alpha value is -1.26. The molecule has 4 nitrogen and oxygen atoms in total. The van der Waals surface area contributed by atoms with Gasteiger partial charge in [-0.15, -0.1) is 0 Å². The zero-order valence-corrected chi connectivity index (χ0v) is 10.7. The molecule has 2 rings (SSSR count). The molecule has 0 saturated carbocycles. The third kappa shape index (κ3) is 3.37. The predicted octanol–water partition coefficient (Wildman–Crippen LogP) is 2.18. The second kappa shape index (κ2) is 6.07. The van der Waals surface area contributed by atoms with Crippen LogP contribution in [0.5, 0.6) is 11.5 Å². The summed E-state index contributed by atoms with van der Waals surface area (Å²) >= 11 is 0. The highest BCUT2D eigenvalue weighted by Crippen LogP contribution is 2.28. The molecule has 1 fully saturated rings. The molecule has 1 heterocycles. The van der Waals surface area contributed by atoms with E-state index in [0.717, 1.165) is 31.7 Å². The number of phenols is 2. The minimum atomic E-state index is 0.0625. The maximum atomic E-state index is 9.77. The first-order chi connectivity index (χ1) is 8.66. The Morgan fingerprint density at radius 1 is 1.44 bits per heavy atom. The largest absolute Gasteiger partial charge is 0.508 e. The highest BCUT2D eigenvalue weighted by Gasteiger charge is 2.16. The Balaban J connectivity index is 1.88. The van der Waals surface area contributed by atoms with Gasteiger partial charge in [-0.25, -0.2) is 0 Å². The van der Waals surface area contributed by atoms with Crippen molar-refractivity contribution in [3.8, 4) is 11.5 Å². The van der Waals surface area contributed by atoms with Gasteiger partial charge in [0.05, 0.1) is 6.61 Å². The molecule has 3 N–H and O–H groups in total. The molecule has 1 aliphatic heterocycles. The van der Waals surface area contributed by atoms with Gasteiger partial charge in [0.2, 0.25) is 0 Å². The van der Waals surface area contributed by atoms with Crippen molar-refractivity contribution in [1.82, 2.24) is 5.32 Å². The van der Waals surface area contributed by atoms with Crippen LogP contribution in [0.4, 0.5) is 0 Å². The second-order valence-electron chi connectivity index (χ2n) is 4.96. The number of hydrogen-bond donors (Lipinski definition) is 3. The molecule has 1 saturated heterocycles. The molecule has 2 atom stereocenters. The Bertz CT molecular complexity index is 389. The van der Waals surface area contributed by atoms with Crippen molar-refractivity contribution in [1.29, 1.82) is 0 Å². The van der Waals surface area contributed by atoms with Gasteiger partial charge in [-0.05, 0) is 31.7 Å². The zero-order chi connectivity index (χ0) is 13.0. The van der Waals surface area contributed by atoms with E-state index in [1.807, 2.05) is 6.92 Å². The predicted molar refractivity (Wildman–Crippen MR) is 69.7 cm³/mol. The molecule has 0 aliphatic carbocycles. The Kier molecular flexibility index (Phi) is 4.44. The molecule has 2 unspecified atom stereocenters. The van der Waals surface area contributed by atoms with Crippen molar-refractivity contribution in [2.75, 3.05) is 19.8 Å². The number of benzene rings is 1. The van der Waals surface area contributed by atoms with Crippen LogP contribution in [-0.4, -0.2) is 30.0 Å². The Morgan fingerprint density at radius 3 is 2.94 bits per heavy atom. The molecule has 18 heavy (non-hydrogen) atoms. The molecule has 1 aromatic carbocycles. The van der Waals surface area contributed by atoms with Gasteiger partial charge >= 0.3 is 0 Å². The van der Waals surface area contributed by atoms with Gasteiger partial charge in [0.15, 0.2) is 0 Å². The second-order valence-corrected chi connectivity index (χ2v) is 4.96. The summed E-state index contributed by atoms with van der Waals surface area (Å²) in [5, 5.41) is 22.4. The number of aromatic hydroxyl groups is 2. The molecule has 1 aromatic rings. The molecule has 0 amide bonds. The summed E-state index contributed by atoms with van der Waals surface area (Å²) in [6.45, 7) is 4.60. The highest BCUT2D eigenvalue weighted by molar-refractivity contribution is 5.40. The van der Waals surface area contributed by atoms with Crippen molar-refractivity contribution in [3.05, 3.63) is 23.8 Å². The molecule has 0 bridgehead atoms. The maximum Gasteiger partial charge on any atom is 0.124 e. The molecule has 0 aromatic heterocycles.